The molecule has 3 rings (SSSR count). The van der Waals surface area contributed by atoms with Crippen LogP contribution in [0.15, 0.2) is 36.8 Å². The summed E-state index contributed by atoms with van der Waals surface area (Å²) in [6.45, 7) is 0. The normalized spacial score (nSPS) is 12.3. The molecule has 2 heterocycles. The molecular weight excluding hydrogens is 296 g/mol. The molecule has 0 saturated carbocycles. The molecule has 0 aliphatic rings. The zero-order chi connectivity index (χ0) is 16.4. The molecule has 0 fully saturated rings. The molecule has 118 valence electrons. The maximum atomic E-state index is 10.9. The summed E-state index contributed by atoms with van der Waals surface area (Å²) >= 11 is 0. The molecule has 7 heteroatoms. The van der Waals surface area contributed by atoms with E-state index in [1.54, 1.807) is 25.7 Å². The number of nitrogens with zero attached hydrogens (tertiary/aromatic N) is 2. The summed E-state index contributed by atoms with van der Waals surface area (Å²) < 4.78 is 5.06. The van der Waals surface area contributed by atoms with Crippen molar-refractivity contribution in [2.24, 2.45) is 5.73 Å². The van der Waals surface area contributed by atoms with E-state index < -0.39 is 12.0 Å². The van der Waals surface area contributed by atoms with E-state index in [2.05, 4.69) is 15.0 Å². The van der Waals surface area contributed by atoms with Crippen LogP contribution in [-0.4, -0.2) is 39.2 Å². The summed E-state index contributed by atoms with van der Waals surface area (Å²) in [5.74, 6) is 0.127. The van der Waals surface area contributed by atoms with Gasteiger partial charge in [-0.2, -0.15) is 0 Å². The Morgan fingerprint density at radius 3 is 2.78 bits per heavy atom. The number of nitrogens with two attached hydrogens (primary N) is 1. The molecule has 23 heavy (non-hydrogen) atoms. The van der Waals surface area contributed by atoms with Crippen LogP contribution in [0, 0.1) is 0 Å². The second-order valence-corrected chi connectivity index (χ2v) is 5.14. The Bertz CT molecular complexity index is 842. The van der Waals surface area contributed by atoms with Crippen LogP contribution < -0.4 is 10.5 Å². The molecule has 2 aromatic heterocycles. The number of methoxy groups -OCH3 is 1. The molecule has 0 aliphatic heterocycles. The number of benzene rings is 1. The topological polar surface area (TPSA) is 114 Å². The van der Waals surface area contributed by atoms with E-state index in [1.165, 1.54) is 0 Å². The Morgan fingerprint density at radius 2 is 2.13 bits per heavy atom. The Labute approximate surface area is 132 Å². The SMILES string of the molecule is COc1cnc(-c2cccc3c(C[C@H](N)C(=O)O)c[nH]c23)nc1. The summed E-state index contributed by atoms with van der Waals surface area (Å²) in [6, 6.07) is 4.77. The lowest BCUT2D eigenvalue weighted by Crippen LogP contribution is -2.32. The smallest absolute Gasteiger partial charge is 0.320 e. The number of carboxylic acid groups (broad SMARTS) is 1. The molecule has 0 spiro atoms. The minimum absolute atomic E-state index is 0.252. The molecule has 0 radical (unpaired) electrons. The van der Waals surface area contributed by atoms with Gasteiger partial charge in [0, 0.05) is 23.6 Å². The second kappa shape index (κ2) is 6.05. The average Bonchev–Trinajstić information content (AvgIpc) is 2.98. The van der Waals surface area contributed by atoms with Gasteiger partial charge >= 0.3 is 5.97 Å². The molecule has 4 N–H and O–H groups in total. The van der Waals surface area contributed by atoms with Crippen LogP contribution in [0.5, 0.6) is 5.75 Å². The zero-order valence-corrected chi connectivity index (χ0v) is 12.5. The Kier molecular flexibility index (Phi) is 3.94. The fourth-order valence-electron chi connectivity index (χ4n) is 2.45. The molecule has 1 atom stereocenters. The van der Waals surface area contributed by atoms with Crippen LogP contribution in [0.1, 0.15) is 5.56 Å². The van der Waals surface area contributed by atoms with E-state index in [1.807, 2.05) is 18.2 Å². The molecule has 3 aromatic rings. The van der Waals surface area contributed by atoms with Crippen molar-refractivity contribution in [2.75, 3.05) is 7.11 Å². The van der Waals surface area contributed by atoms with Gasteiger partial charge in [0.25, 0.3) is 0 Å². The number of aliphatic carboxylic acids is 1. The Balaban J connectivity index is 2.02. The third kappa shape index (κ3) is 2.86. The van der Waals surface area contributed by atoms with Crippen molar-refractivity contribution in [3.63, 3.8) is 0 Å². The number of aromatic amines is 1. The number of H-pyrrole nitrogens is 1. The quantitative estimate of drug-likeness (QED) is 0.659. The fourth-order valence-corrected chi connectivity index (χ4v) is 2.45. The number of carboxylic acids is 1. The lowest BCUT2D eigenvalue weighted by atomic mass is 10.0. The number of fused-ring (bicyclic) bond motifs is 1. The van der Waals surface area contributed by atoms with Crippen molar-refractivity contribution in [2.45, 2.75) is 12.5 Å². The zero-order valence-electron chi connectivity index (χ0n) is 12.5. The van der Waals surface area contributed by atoms with Crippen LogP contribution >= 0.6 is 0 Å². The minimum atomic E-state index is -1.02. The first kappa shape index (κ1) is 15.0. The van der Waals surface area contributed by atoms with E-state index >= 15 is 0 Å². The number of para-hydroxylation sites is 1. The van der Waals surface area contributed by atoms with E-state index in [0.29, 0.717) is 11.6 Å². The van der Waals surface area contributed by atoms with Gasteiger partial charge in [-0.15, -0.1) is 0 Å². The molecule has 0 aliphatic carbocycles. The fraction of sp³-hybridized carbons (Fsp3) is 0.188. The van der Waals surface area contributed by atoms with Crippen molar-refractivity contribution in [3.05, 3.63) is 42.4 Å². The number of ether oxygens (including phenoxy) is 1. The highest BCUT2D eigenvalue weighted by molar-refractivity contribution is 5.95. The van der Waals surface area contributed by atoms with Crippen molar-refractivity contribution < 1.29 is 14.6 Å². The predicted molar refractivity (Wildman–Crippen MR) is 85.2 cm³/mol. The Hall–Kier alpha value is -2.93. The number of hydrogen-bond donors (Lipinski definition) is 3. The number of hydrogen-bond acceptors (Lipinski definition) is 5. The number of nitrogens with one attached hydrogen (secondary N) is 1. The van der Waals surface area contributed by atoms with Crippen LogP contribution in [0.3, 0.4) is 0 Å². The molecule has 0 saturated heterocycles. The summed E-state index contributed by atoms with van der Waals surface area (Å²) in [7, 11) is 1.56. The van der Waals surface area contributed by atoms with Crippen LogP contribution in [-0.2, 0) is 11.2 Å². The lowest BCUT2D eigenvalue weighted by molar-refractivity contribution is -0.138. The van der Waals surface area contributed by atoms with Crippen molar-refractivity contribution in [3.8, 4) is 17.1 Å². The van der Waals surface area contributed by atoms with Gasteiger partial charge < -0.3 is 20.6 Å². The largest absolute Gasteiger partial charge is 0.494 e. The highest BCUT2D eigenvalue weighted by atomic mass is 16.5. The van der Waals surface area contributed by atoms with Crippen molar-refractivity contribution in [1.29, 1.82) is 0 Å². The monoisotopic (exact) mass is 312 g/mol. The standard InChI is InChI=1S/C16H16N4O3/c1-23-10-7-19-15(20-8-10)12-4-2-3-11-9(6-18-14(11)12)5-13(17)16(21)22/h2-4,6-8,13,18H,5,17H2,1H3,(H,21,22)/t13-/m0/s1. The lowest BCUT2D eigenvalue weighted by Gasteiger charge is -2.06. The van der Waals surface area contributed by atoms with Gasteiger partial charge in [-0.05, 0) is 11.6 Å². The van der Waals surface area contributed by atoms with Gasteiger partial charge in [-0.1, -0.05) is 12.1 Å². The molecule has 0 unspecified atom stereocenters. The third-order valence-corrected chi connectivity index (χ3v) is 3.66. The van der Waals surface area contributed by atoms with Gasteiger partial charge in [0.15, 0.2) is 11.6 Å². The van der Waals surface area contributed by atoms with Gasteiger partial charge in [-0.25, -0.2) is 9.97 Å². The predicted octanol–water partition coefficient (Wildman–Crippen LogP) is 1.59. The first-order valence-corrected chi connectivity index (χ1v) is 7.04. The van der Waals surface area contributed by atoms with E-state index in [4.69, 9.17) is 15.6 Å². The summed E-state index contributed by atoms with van der Waals surface area (Å²) in [5, 5.41) is 9.88. The van der Waals surface area contributed by atoms with Crippen molar-refractivity contribution in [1.82, 2.24) is 15.0 Å². The van der Waals surface area contributed by atoms with Gasteiger partial charge in [0.05, 0.1) is 25.0 Å². The number of rotatable bonds is 5. The highest BCUT2D eigenvalue weighted by Gasteiger charge is 2.16. The van der Waals surface area contributed by atoms with E-state index in [-0.39, 0.29) is 6.42 Å². The summed E-state index contributed by atoms with van der Waals surface area (Å²) in [6.07, 6.45) is 5.24. The molecule has 0 amide bonds. The first-order valence-electron chi connectivity index (χ1n) is 7.04. The molecule has 7 nitrogen and oxygen atoms in total. The molecule has 1 aromatic carbocycles. The van der Waals surface area contributed by atoms with Gasteiger partial charge in [0.2, 0.25) is 0 Å². The van der Waals surface area contributed by atoms with Crippen LogP contribution in [0.2, 0.25) is 0 Å². The van der Waals surface area contributed by atoms with E-state index in [9.17, 15) is 4.79 Å². The summed E-state index contributed by atoms with van der Waals surface area (Å²) in [4.78, 5) is 22.7. The van der Waals surface area contributed by atoms with Crippen LogP contribution in [0.25, 0.3) is 22.3 Å². The average molecular weight is 312 g/mol. The number of carbonyl (C=O) groups is 1. The minimum Gasteiger partial charge on any atom is -0.494 e. The maximum Gasteiger partial charge on any atom is 0.320 e. The highest BCUT2D eigenvalue weighted by Crippen LogP contribution is 2.28. The molecule has 0 bridgehead atoms. The first-order chi connectivity index (χ1) is 11.1. The summed E-state index contributed by atoms with van der Waals surface area (Å²) in [5.41, 5.74) is 8.17. The van der Waals surface area contributed by atoms with Gasteiger partial charge in [0.1, 0.15) is 6.04 Å². The second-order valence-electron chi connectivity index (χ2n) is 5.14. The van der Waals surface area contributed by atoms with Crippen LogP contribution in [0.4, 0.5) is 0 Å². The van der Waals surface area contributed by atoms with Gasteiger partial charge in [-0.3, -0.25) is 4.79 Å². The van der Waals surface area contributed by atoms with Crippen molar-refractivity contribution >= 4 is 16.9 Å². The van der Waals surface area contributed by atoms with E-state index in [0.717, 1.165) is 22.0 Å². The third-order valence-electron chi connectivity index (χ3n) is 3.66. The maximum absolute atomic E-state index is 10.9. The Morgan fingerprint density at radius 1 is 1.39 bits per heavy atom. The number of aromatic nitrogens is 3. The molecular formula is C16H16N4O3.